The van der Waals surface area contributed by atoms with E-state index in [0.29, 0.717) is 29.7 Å². The van der Waals surface area contributed by atoms with Crippen LogP contribution < -0.4 is 19.5 Å². The van der Waals surface area contributed by atoms with Gasteiger partial charge in [-0.3, -0.25) is 4.79 Å². The first-order valence-electron chi connectivity index (χ1n) is 11.2. The maximum Gasteiger partial charge on any atom is 0.226 e. The van der Waals surface area contributed by atoms with Crippen molar-refractivity contribution in [2.45, 2.75) is 32.7 Å². The Hall–Kier alpha value is -3.81. The fraction of sp³-hybridized carbons (Fsp3) is 0.346. The second-order valence-electron chi connectivity index (χ2n) is 9.41. The molecule has 0 bridgehead atoms. The highest BCUT2D eigenvalue weighted by Gasteiger charge is 2.42. The number of allylic oxidation sites excluding steroid dienone is 2. The van der Waals surface area contributed by atoms with Gasteiger partial charge in [0.05, 0.1) is 21.3 Å². The van der Waals surface area contributed by atoms with E-state index in [0.717, 1.165) is 34.6 Å². The van der Waals surface area contributed by atoms with Crippen LogP contribution in [0.15, 0.2) is 53.7 Å². The van der Waals surface area contributed by atoms with Crippen LogP contribution >= 0.6 is 0 Å². The van der Waals surface area contributed by atoms with Crippen LogP contribution in [0.4, 0.5) is 5.95 Å². The molecular formula is C26H28N4O4. The number of fused-ring (bicyclic) bond motifs is 1. The quantitative estimate of drug-likeness (QED) is 0.594. The first kappa shape index (κ1) is 22.0. The van der Waals surface area contributed by atoms with Gasteiger partial charge >= 0.3 is 0 Å². The third kappa shape index (κ3) is 3.69. The molecule has 1 aliphatic carbocycles. The highest BCUT2D eigenvalue weighted by Crippen LogP contribution is 2.46. The minimum absolute atomic E-state index is 0.123. The molecule has 1 aromatic heterocycles. The molecule has 2 heterocycles. The Labute approximate surface area is 198 Å². The smallest absolute Gasteiger partial charge is 0.226 e. The predicted octanol–water partition coefficient (Wildman–Crippen LogP) is 4.63. The molecule has 5 rings (SSSR count). The summed E-state index contributed by atoms with van der Waals surface area (Å²) in [7, 11) is 4.83. The van der Waals surface area contributed by atoms with Crippen molar-refractivity contribution >= 4 is 11.7 Å². The lowest BCUT2D eigenvalue weighted by atomic mass is 9.73. The molecule has 0 unspecified atom stereocenters. The molecule has 0 saturated heterocycles. The third-order valence-electron chi connectivity index (χ3n) is 6.41. The Morgan fingerprint density at radius 1 is 0.971 bits per heavy atom. The maximum absolute atomic E-state index is 13.4. The van der Waals surface area contributed by atoms with Crippen molar-refractivity contribution in [1.82, 2.24) is 14.8 Å². The van der Waals surface area contributed by atoms with Crippen molar-refractivity contribution in [2.24, 2.45) is 5.41 Å². The van der Waals surface area contributed by atoms with Gasteiger partial charge in [0.25, 0.3) is 0 Å². The Balaban J connectivity index is 1.64. The topological polar surface area (TPSA) is 87.5 Å². The van der Waals surface area contributed by atoms with E-state index < -0.39 is 0 Å². The van der Waals surface area contributed by atoms with Crippen molar-refractivity contribution in [3.8, 4) is 28.6 Å². The lowest BCUT2D eigenvalue weighted by molar-refractivity contribution is -0.118. The summed E-state index contributed by atoms with van der Waals surface area (Å²) in [4.78, 5) is 18.2. The Morgan fingerprint density at radius 3 is 2.38 bits per heavy atom. The van der Waals surface area contributed by atoms with Gasteiger partial charge in [-0.25, -0.2) is 4.68 Å². The number of nitrogens with one attached hydrogen (secondary N) is 1. The Morgan fingerprint density at radius 2 is 1.71 bits per heavy atom. The monoisotopic (exact) mass is 460 g/mol. The van der Waals surface area contributed by atoms with E-state index in [9.17, 15) is 4.79 Å². The average Bonchev–Trinajstić information content (AvgIpc) is 3.25. The summed E-state index contributed by atoms with van der Waals surface area (Å²) in [5.74, 6) is 3.26. The van der Waals surface area contributed by atoms with Crippen molar-refractivity contribution < 1.29 is 19.0 Å². The number of carbonyl (C=O) groups is 1. The number of anilines is 1. The van der Waals surface area contributed by atoms with Gasteiger partial charge in [0, 0.05) is 23.3 Å². The number of hydrogen-bond donors (Lipinski definition) is 1. The van der Waals surface area contributed by atoms with Crippen LogP contribution in [-0.2, 0) is 4.79 Å². The standard InChI is InChI=1S/C26H28N4O4/c1-26(2)13-18-22(19(31)14-26)23(15-6-9-17(32-3)10-7-15)30-25(27-18)28-24(29-30)16-8-11-20(33-4)21(12-16)34-5/h6-12,23H,13-14H2,1-5H3,(H,27,28,29)/t23-/m1/s1. The molecule has 2 aromatic carbocycles. The fourth-order valence-electron chi connectivity index (χ4n) is 4.80. The third-order valence-corrected chi connectivity index (χ3v) is 6.41. The largest absolute Gasteiger partial charge is 0.497 e. The van der Waals surface area contributed by atoms with Gasteiger partial charge < -0.3 is 19.5 Å². The van der Waals surface area contributed by atoms with Gasteiger partial charge in [0.15, 0.2) is 23.1 Å². The van der Waals surface area contributed by atoms with Gasteiger partial charge in [0.2, 0.25) is 5.95 Å². The van der Waals surface area contributed by atoms with Crippen LogP contribution in [0.5, 0.6) is 17.2 Å². The SMILES string of the molecule is COc1ccc([C@@H]2C3=C(CC(C)(C)CC3=O)Nc3nc(-c4ccc(OC)c(OC)c4)nn32)cc1. The Bertz CT molecular complexity index is 1290. The van der Waals surface area contributed by atoms with Crippen molar-refractivity contribution in [2.75, 3.05) is 26.6 Å². The van der Waals surface area contributed by atoms with Crippen LogP contribution in [0, 0.1) is 5.41 Å². The van der Waals surface area contributed by atoms with Gasteiger partial charge in [0.1, 0.15) is 11.8 Å². The van der Waals surface area contributed by atoms with E-state index in [4.69, 9.17) is 24.3 Å². The highest BCUT2D eigenvalue weighted by molar-refractivity contribution is 6.00. The normalized spacial score (nSPS) is 18.6. The van der Waals surface area contributed by atoms with Gasteiger partial charge in [-0.1, -0.05) is 26.0 Å². The molecule has 0 fully saturated rings. The second kappa shape index (κ2) is 8.20. The molecule has 0 radical (unpaired) electrons. The van der Waals surface area contributed by atoms with Crippen LogP contribution in [0.1, 0.15) is 38.3 Å². The van der Waals surface area contributed by atoms with Gasteiger partial charge in [-0.2, -0.15) is 4.98 Å². The van der Waals surface area contributed by atoms with E-state index in [-0.39, 0.29) is 17.2 Å². The van der Waals surface area contributed by atoms with E-state index in [1.54, 1.807) is 21.3 Å². The maximum atomic E-state index is 13.4. The summed E-state index contributed by atoms with van der Waals surface area (Å²) in [6.45, 7) is 4.24. The summed E-state index contributed by atoms with van der Waals surface area (Å²) in [5.41, 5.74) is 3.29. The van der Waals surface area contributed by atoms with Crippen LogP contribution in [-0.4, -0.2) is 41.9 Å². The van der Waals surface area contributed by atoms with E-state index >= 15 is 0 Å². The van der Waals surface area contributed by atoms with Crippen molar-refractivity contribution in [3.63, 3.8) is 0 Å². The first-order valence-corrected chi connectivity index (χ1v) is 11.2. The molecule has 176 valence electrons. The molecule has 1 N–H and O–H groups in total. The molecule has 0 spiro atoms. The summed E-state index contributed by atoms with van der Waals surface area (Å²) in [5, 5.41) is 8.26. The number of ketones is 1. The van der Waals surface area contributed by atoms with Crippen molar-refractivity contribution in [3.05, 3.63) is 59.3 Å². The van der Waals surface area contributed by atoms with E-state index in [2.05, 4.69) is 19.2 Å². The Kier molecular flexibility index (Phi) is 5.31. The number of nitrogens with zero attached hydrogens (tertiary/aromatic N) is 3. The lowest BCUT2D eigenvalue weighted by Crippen LogP contribution is -2.36. The summed E-state index contributed by atoms with van der Waals surface area (Å²) < 4.78 is 18.0. The molecule has 34 heavy (non-hydrogen) atoms. The molecule has 2 aliphatic rings. The zero-order valence-electron chi connectivity index (χ0n) is 20.0. The number of aromatic nitrogens is 3. The number of methoxy groups -OCH3 is 3. The summed E-state index contributed by atoms with van der Waals surface area (Å²) in [6.07, 6.45) is 1.26. The number of hydrogen-bond acceptors (Lipinski definition) is 7. The van der Waals surface area contributed by atoms with E-state index in [1.807, 2.05) is 47.1 Å². The molecule has 3 aromatic rings. The number of Topliss-reactive ketones (excluding diaryl/α,β-unsaturated/α-hetero) is 1. The number of benzene rings is 2. The number of rotatable bonds is 5. The molecule has 8 heteroatoms. The van der Waals surface area contributed by atoms with Crippen LogP contribution in [0.25, 0.3) is 11.4 Å². The minimum atomic E-state index is -0.373. The van der Waals surface area contributed by atoms with Crippen LogP contribution in [0.3, 0.4) is 0 Å². The molecule has 0 amide bonds. The summed E-state index contributed by atoms with van der Waals surface area (Å²) >= 11 is 0. The molecular weight excluding hydrogens is 432 g/mol. The molecule has 0 saturated carbocycles. The molecule has 1 atom stereocenters. The highest BCUT2D eigenvalue weighted by atomic mass is 16.5. The number of carbonyl (C=O) groups excluding carboxylic acids is 1. The van der Waals surface area contributed by atoms with Crippen molar-refractivity contribution in [1.29, 1.82) is 0 Å². The zero-order chi connectivity index (χ0) is 24.0. The van der Waals surface area contributed by atoms with Crippen LogP contribution in [0.2, 0.25) is 0 Å². The number of ether oxygens (including phenoxy) is 3. The average molecular weight is 461 g/mol. The fourth-order valence-corrected chi connectivity index (χ4v) is 4.80. The second-order valence-corrected chi connectivity index (χ2v) is 9.41. The van der Waals surface area contributed by atoms with Gasteiger partial charge in [-0.15, -0.1) is 5.10 Å². The zero-order valence-corrected chi connectivity index (χ0v) is 20.0. The minimum Gasteiger partial charge on any atom is -0.497 e. The molecule has 8 nitrogen and oxygen atoms in total. The van der Waals surface area contributed by atoms with Gasteiger partial charge in [-0.05, 0) is 47.7 Å². The lowest BCUT2D eigenvalue weighted by Gasteiger charge is -2.38. The molecule has 1 aliphatic heterocycles. The summed E-state index contributed by atoms with van der Waals surface area (Å²) in [6, 6.07) is 13.0. The van der Waals surface area contributed by atoms with E-state index in [1.165, 1.54) is 0 Å². The first-order chi connectivity index (χ1) is 16.3. The predicted molar refractivity (Wildman–Crippen MR) is 128 cm³/mol.